The number of aliphatic hydroxyl groups is 1. The van der Waals surface area contributed by atoms with Crippen LogP contribution in [0.5, 0.6) is 0 Å². The minimum absolute atomic E-state index is 0.0370. The quantitative estimate of drug-likeness (QED) is 0.536. The molecule has 3 nitrogen and oxygen atoms in total. The molecule has 10 heavy (non-hydrogen) atoms. The molecule has 1 aliphatic rings. The highest BCUT2D eigenvalue weighted by Gasteiger charge is 2.36. The third-order valence-electron chi connectivity index (χ3n) is 2.20. The van der Waals surface area contributed by atoms with Gasteiger partial charge in [0.25, 0.3) is 0 Å². The van der Waals surface area contributed by atoms with Crippen LogP contribution in [0.2, 0.25) is 0 Å². The van der Waals surface area contributed by atoms with Gasteiger partial charge in [-0.1, -0.05) is 0 Å². The largest absolute Gasteiger partial charge is 0.388 e. The van der Waals surface area contributed by atoms with Crippen LogP contribution in [0.4, 0.5) is 0 Å². The Labute approximate surface area is 60.4 Å². The van der Waals surface area contributed by atoms with E-state index in [2.05, 4.69) is 5.32 Å². The van der Waals surface area contributed by atoms with Crippen molar-refractivity contribution in [1.82, 2.24) is 5.32 Å². The molecule has 2 unspecified atom stereocenters. The highest BCUT2D eigenvalue weighted by Crippen LogP contribution is 2.28. The maximum Gasteiger partial charge on any atom is 0.207 e. The van der Waals surface area contributed by atoms with Crippen molar-refractivity contribution in [1.29, 1.82) is 0 Å². The first-order valence-electron chi connectivity index (χ1n) is 3.59. The Hall–Kier alpha value is -0.570. The predicted molar refractivity (Wildman–Crippen MR) is 37.5 cm³/mol. The molecule has 1 aliphatic carbocycles. The van der Waals surface area contributed by atoms with Crippen LogP contribution in [0.15, 0.2) is 0 Å². The van der Waals surface area contributed by atoms with Crippen molar-refractivity contribution in [3.05, 3.63) is 0 Å². The fourth-order valence-corrected chi connectivity index (χ4v) is 1.49. The third-order valence-corrected chi connectivity index (χ3v) is 2.20. The van der Waals surface area contributed by atoms with Gasteiger partial charge in [0, 0.05) is 0 Å². The van der Waals surface area contributed by atoms with Crippen molar-refractivity contribution in [2.75, 3.05) is 0 Å². The van der Waals surface area contributed by atoms with E-state index in [9.17, 15) is 9.90 Å². The average Bonchev–Trinajstić information content (AvgIpc) is 2.13. The summed E-state index contributed by atoms with van der Waals surface area (Å²) in [5.74, 6) is 0. The van der Waals surface area contributed by atoms with E-state index in [1.165, 1.54) is 0 Å². The van der Waals surface area contributed by atoms with E-state index >= 15 is 0 Å². The Balaban J connectivity index is 2.50. The van der Waals surface area contributed by atoms with Gasteiger partial charge in [-0.05, 0) is 26.2 Å². The number of carbonyl (C=O) groups is 1. The standard InChI is InChI=1S/C7H13NO2/c1-7(10)4-2-3-6(7)8-5-9/h5-6,10H,2-4H2,1H3,(H,8,9). The van der Waals surface area contributed by atoms with E-state index in [0.717, 1.165) is 19.3 Å². The van der Waals surface area contributed by atoms with Gasteiger partial charge in [-0.15, -0.1) is 0 Å². The molecule has 1 amide bonds. The van der Waals surface area contributed by atoms with Gasteiger partial charge in [0.1, 0.15) is 0 Å². The van der Waals surface area contributed by atoms with E-state index < -0.39 is 5.60 Å². The molecule has 1 saturated carbocycles. The Morgan fingerprint density at radius 3 is 2.90 bits per heavy atom. The van der Waals surface area contributed by atoms with E-state index in [1.807, 2.05) is 0 Å². The SMILES string of the molecule is CC1(O)CCCC1NC=O. The minimum Gasteiger partial charge on any atom is -0.388 e. The van der Waals surface area contributed by atoms with Crippen molar-refractivity contribution < 1.29 is 9.90 Å². The summed E-state index contributed by atoms with van der Waals surface area (Å²) < 4.78 is 0. The van der Waals surface area contributed by atoms with Gasteiger partial charge in [-0.25, -0.2) is 0 Å². The van der Waals surface area contributed by atoms with E-state index in [1.54, 1.807) is 6.92 Å². The van der Waals surface area contributed by atoms with Gasteiger partial charge in [-0.2, -0.15) is 0 Å². The molecule has 0 bridgehead atoms. The Morgan fingerprint density at radius 1 is 1.80 bits per heavy atom. The van der Waals surface area contributed by atoms with Crippen molar-refractivity contribution in [3.63, 3.8) is 0 Å². The monoisotopic (exact) mass is 143 g/mol. The van der Waals surface area contributed by atoms with Crippen molar-refractivity contribution in [2.45, 2.75) is 37.8 Å². The highest BCUT2D eigenvalue weighted by molar-refractivity contribution is 5.47. The number of amides is 1. The number of rotatable bonds is 2. The van der Waals surface area contributed by atoms with Crippen LogP contribution in [0, 0.1) is 0 Å². The van der Waals surface area contributed by atoms with E-state index in [0.29, 0.717) is 6.41 Å². The molecule has 1 rings (SSSR count). The second kappa shape index (κ2) is 2.58. The molecular weight excluding hydrogens is 130 g/mol. The van der Waals surface area contributed by atoms with Gasteiger partial charge < -0.3 is 10.4 Å². The van der Waals surface area contributed by atoms with Crippen molar-refractivity contribution >= 4 is 6.41 Å². The zero-order valence-electron chi connectivity index (χ0n) is 6.13. The highest BCUT2D eigenvalue weighted by atomic mass is 16.3. The van der Waals surface area contributed by atoms with Gasteiger partial charge in [0.2, 0.25) is 6.41 Å². The van der Waals surface area contributed by atoms with Crippen LogP contribution >= 0.6 is 0 Å². The van der Waals surface area contributed by atoms with Crippen LogP contribution in [0.1, 0.15) is 26.2 Å². The number of hydrogen-bond acceptors (Lipinski definition) is 2. The average molecular weight is 143 g/mol. The summed E-state index contributed by atoms with van der Waals surface area (Å²) in [7, 11) is 0. The van der Waals surface area contributed by atoms with Gasteiger partial charge in [0.15, 0.2) is 0 Å². The summed E-state index contributed by atoms with van der Waals surface area (Å²) in [5.41, 5.74) is -0.680. The zero-order chi connectivity index (χ0) is 7.61. The molecule has 3 heteroatoms. The van der Waals surface area contributed by atoms with Crippen LogP contribution in [0.25, 0.3) is 0 Å². The maximum absolute atomic E-state index is 10.0. The van der Waals surface area contributed by atoms with Crippen LogP contribution in [-0.4, -0.2) is 23.2 Å². The summed E-state index contributed by atoms with van der Waals surface area (Å²) in [4.78, 5) is 10.0. The topological polar surface area (TPSA) is 49.3 Å². The lowest BCUT2D eigenvalue weighted by molar-refractivity contribution is -0.111. The minimum atomic E-state index is -0.680. The first-order valence-corrected chi connectivity index (χ1v) is 3.59. The first-order chi connectivity index (χ1) is 4.67. The van der Waals surface area contributed by atoms with E-state index in [4.69, 9.17) is 0 Å². The molecular formula is C7H13NO2. The van der Waals surface area contributed by atoms with Crippen LogP contribution in [-0.2, 0) is 4.79 Å². The molecule has 2 atom stereocenters. The van der Waals surface area contributed by atoms with Gasteiger partial charge >= 0.3 is 0 Å². The zero-order valence-corrected chi connectivity index (χ0v) is 6.13. The number of hydrogen-bond donors (Lipinski definition) is 2. The molecule has 2 N–H and O–H groups in total. The van der Waals surface area contributed by atoms with Gasteiger partial charge in [0.05, 0.1) is 11.6 Å². The van der Waals surface area contributed by atoms with Crippen molar-refractivity contribution in [2.24, 2.45) is 0 Å². The lowest BCUT2D eigenvalue weighted by atomic mass is 10.0. The third kappa shape index (κ3) is 1.29. The molecule has 0 radical (unpaired) electrons. The molecule has 0 aromatic heterocycles. The molecule has 0 heterocycles. The molecule has 1 fully saturated rings. The predicted octanol–water partition coefficient (Wildman–Crippen LogP) is 0.0359. The Bertz CT molecular complexity index is 134. The summed E-state index contributed by atoms with van der Waals surface area (Å²) in [6.07, 6.45) is 3.34. The first kappa shape index (κ1) is 7.54. The fraction of sp³-hybridized carbons (Fsp3) is 0.857. The molecule has 0 aliphatic heterocycles. The second-order valence-corrected chi connectivity index (χ2v) is 3.09. The molecule has 0 aromatic rings. The lowest BCUT2D eigenvalue weighted by Crippen LogP contribution is -2.43. The molecule has 0 saturated heterocycles. The molecule has 0 spiro atoms. The summed E-state index contributed by atoms with van der Waals surface area (Å²) in [6.45, 7) is 1.77. The fourth-order valence-electron chi connectivity index (χ4n) is 1.49. The number of carbonyl (C=O) groups excluding carboxylic acids is 1. The van der Waals surface area contributed by atoms with E-state index in [-0.39, 0.29) is 6.04 Å². The van der Waals surface area contributed by atoms with Crippen LogP contribution < -0.4 is 5.32 Å². The maximum atomic E-state index is 10.0. The lowest BCUT2D eigenvalue weighted by Gasteiger charge is -2.24. The second-order valence-electron chi connectivity index (χ2n) is 3.09. The molecule has 58 valence electrons. The van der Waals surface area contributed by atoms with Crippen molar-refractivity contribution in [3.8, 4) is 0 Å². The summed E-state index contributed by atoms with van der Waals surface area (Å²) in [6, 6.07) is -0.0370. The van der Waals surface area contributed by atoms with Gasteiger partial charge in [-0.3, -0.25) is 4.79 Å². The Morgan fingerprint density at radius 2 is 2.50 bits per heavy atom. The molecule has 0 aromatic carbocycles. The number of nitrogens with one attached hydrogen (secondary N) is 1. The normalized spacial score (nSPS) is 39.6. The summed E-state index contributed by atoms with van der Waals surface area (Å²) in [5, 5.41) is 12.2. The smallest absolute Gasteiger partial charge is 0.207 e. The summed E-state index contributed by atoms with van der Waals surface area (Å²) >= 11 is 0. The Kier molecular flexibility index (Phi) is 1.94. The van der Waals surface area contributed by atoms with Crippen LogP contribution in [0.3, 0.4) is 0 Å².